The van der Waals surface area contributed by atoms with Crippen LogP contribution in [0.4, 0.5) is 5.69 Å². The van der Waals surface area contributed by atoms with Gasteiger partial charge in [-0.25, -0.2) is 0 Å². The highest BCUT2D eigenvalue weighted by Gasteiger charge is 2.26. The van der Waals surface area contributed by atoms with Crippen molar-refractivity contribution in [2.24, 2.45) is 0 Å². The Labute approximate surface area is 129 Å². The van der Waals surface area contributed by atoms with Crippen LogP contribution in [0.5, 0.6) is 5.75 Å². The van der Waals surface area contributed by atoms with Crippen LogP contribution in [0, 0.1) is 11.3 Å². The molecule has 0 unspecified atom stereocenters. The fraction of sp³-hybridized carbons (Fsp3) is 0.222. The molecule has 0 spiro atoms. The summed E-state index contributed by atoms with van der Waals surface area (Å²) >= 11 is 0. The zero-order valence-electron chi connectivity index (χ0n) is 12.4. The average Bonchev–Trinajstić information content (AvgIpc) is 2.60. The summed E-state index contributed by atoms with van der Waals surface area (Å²) in [5, 5.41) is 9.00. The summed E-state index contributed by atoms with van der Waals surface area (Å²) in [4.78, 5) is 14.6. The van der Waals surface area contributed by atoms with Crippen LogP contribution in [-0.4, -0.2) is 19.6 Å². The summed E-state index contributed by atoms with van der Waals surface area (Å²) in [6.45, 7) is 0.656. The van der Waals surface area contributed by atoms with E-state index in [2.05, 4.69) is 6.07 Å². The number of benzene rings is 2. The number of nitrogens with zero attached hydrogens (tertiary/aromatic N) is 2. The number of hydrogen-bond donors (Lipinski definition) is 0. The highest BCUT2D eigenvalue weighted by molar-refractivity contribution is 6.07. The van der Waals surface area contributed by atoms with Crippen molar-refractivity contribution in [1.29, 1.82) is 5.26 Å². The molecule has 0 radical (unpaired) electrons. The number of rotatable bonds is 2. The first kappa shape index (κ1) is 14.2. The third kappa shape index (κ3) is 2.42. The van der Waals surface area contributed by atoms with Gasteiger partial charge in [0.05, 0.1) is 24.4 Å². The molecule has 0 aliphatic carbocycles. The number of nitriles is 1. The van der Waals surface area contributed by atoms with Crippen molar-refractivity contribution in [2.45, 2.75) is 12.8 Å². The number of fused-ring (bicyclic) bond motifs is 1. The molecule has 1 aliphatic heterocycles. The molecule has 0 atom stereocenters. The molecule has 1 amide bonds. The van der Waals surface area contributed by atoms with Crippen LogP contribution in [-0.2, 0) is 6.42 Å². The van der Waals surface area contributed by atoms with Gasteiger partial charge >= 0.3 is 0 Å². The lowest BCUT2D eigenvalue weighted by molar-refractivity contribution is 0.0984. The highest BCUT2D eigenvalue weighted by Crippen LogP contribution is 2.36. The molecule has 0 saturated carbocycles. The molecule has 0 aromatic heterocycles. The van der Waals surface area contributed by atoms with E-state index in [1.54, 1.807) is 36.3 Å². The average molecular weight is 292 g/mol. The summed E-state index contributed by atoms with van der Waals surface area (Å²) in [5.74, 6) is 0.615. The van der Waals surface area contributed by atoms with Gasteiger partial charge in [-0.1, -0.05) is 18.2 Å². The fourth-order valence-electron chi connectivity index (χ4n) is 2.86. The lowest BCUT2D eigenvalue weighted by atomic mass is 9.99. The second kappa shape index (κ2) is 5.90. The van der Waals surface area contributed by atoms with E-state index in [-0.39, 0.29) is 5.91 Å². The topological polar surface area (TPSA) is 53.3 Å². The number of carbonyl (C=O) groups excluding carboxylic acids is 1. The van der Waals surface area contributed by atoms with E-state index < -0.39 is 0 Å². The maximum Gasteiger partial charge on any atom is 0.258 e. The van der Waals surface area contributed by atoms with Gasteiger partial charge in [0.15, 0.2) is 0 Å². The van der Waals surface area contributed by atoms with E-state index >= 15 is 0 Å². The van der Waals surface area contributed by atoms with Gasteiger partial charge in [-0.15, -0.1) is 0 Å². The Hall–Kier alpha value is -2.80. The molecule has 0 N–H and O–H groups in total. The predicted molar refractivity (Wildman–Crippen MR) is 84.1 cm³/mol. The second-order valence-corrected chi connectivity index (χ2v) is 5.22. The zero-order valence-corrected chi connectivity index (χ0v) is 12.4. The molecular weight excluding hydrogens is 276 g/mol. The van der Waals surface area contributed by atoms with Crippen LogP contribution in [0.25, 0.3) is 0 Å². The van der Waals surface area contributed by atoms with Crippen molar-refractivity contribution in [3.8, 4) is 11.8 Å². The molecular formula is C18H16N2O2. The third-order valence-corrected chi connectivity index (χ3v) is 3.88. The fourth-order valence-corrected chi connectivity index (χ4v) is 2.86. The summed E-state index contributed by atoms with van der Waals surface area (Å²) in [6, 6.07) is 14.7. The minimum atomic E-state index is -0.0949. The Balaban J connectivity index is 2.04. The Morgan fingerprint density at radius 1 is 1.27 bits per heavy atom. The van der Waals surface area contributed by atoms with Crippen molar-refractivity contribution < 1.29 is 9.53 Å². The van der Waals surface area contributed by atoms with E-state index in [1.165, 1.54) is 0 Å². The van der Waals surface area contributed by atoms with Crippen LogP contribution in [0.1, 0.15) is 27.9 Å². The highest BCUT2D eigenvalue weighted by atomic mass is 16.5. The Morgan fingerprint density at radius 3 is 2.86 bits per heavy atom. The minimum Gasteiger partial charge on any atom is -0.495 e. The van der Waals surface area contributed by atoms with Crippen molar-refractivity contribution in [3.63, 3.8) is 0 Å². The van der Waals surface area contributed by atoms with Crippen molar-refractivity contribution in [1.82, 2.24) is 0 Å². The number of para-hydroxylation sites is 1. The molecule has 110 valence electrons. The number of hydrogen-bond acceptors (Lipinski definition) is 3. The van der Waals surface area contributed by atoms with Crippen LogP contribution >= 0.6 is 0 Å². The summed E-state index contributed by atoms with van der Waals surface area (Å²) in [6.07, 6.45) is 1.86. The predicted octanol–water partition coefficient (Wildman–Crippen LogP) is 3.16. The van der Waals surface area contributed by atoms with Gasteiger partial charge in [0.1, 0.15) is 5.75 Å². The summed E-state index contributed by atoms with van der Waals surface area (Å²) in [5.41, 5.74) is 2.99. The lowest BCUT2D eigenvalue weighted by Gasteiger charge is -2.31. The standard InChI is InChI=1S/C18H16N2O2/c1-22-16-9-3-6-14-8-4-10-20(17(14)16)18(21)15-7-2-5-13(11-15)12-19/h2-3,5-7,9,11H,4,8,10H2,1H3. The molecule has 0 saturated heterocycles. The van der Waals surface area contributed by atoms with Crippen LogP contribution in [0.2, 0.25) is 0 Å². The third-order valence-electron chi connectivity index (χ3n) is 3.88. The monoisotopic (exact) mass is 292 g/mol. The van der Waals surface area contributed by atoms with E-state index in [1.807, 2.05) is 18.2 Å². The molecule has 0 bridgehead atoms. The van der Waals surface area contributed by atoms with E-state index in [0.29, 0.717) is 23.4 Å². The molecule has 2 aromatic rings. The Kier molecular flexibility index (Phi) is 3.80. The van der Waals surface area contributed by atoms with Gasteiger partial charge in [-0.05, 0) is 42.7 Å². The van der Waals surface area contributed by atoms with E-state index in [0.717, 1.165) is 24.1 Å². The van der Waals surface area contributed by atoms with Crippen LogP contribution < -0.4 is 9.64 Å². The maximum absolute atomic E-state index is 12.9. The molecule has 3 rings (SSSR count). The van der Waals surface area contributed by atoms with E-state index in [4.69, 9.17) is 10.00 Å². The first-order valence-electron chi connectivity index (χ1n) is 7.22. The van der Waals surface area contributed by atoms with Crippen molar-refractivity contribution >= 4 is 11.6 Å². The van der Waals surface area contributed by atoms with Gasteiger partial charge in [-0.2, -0.15) is 5.26 Å². The smallest absolute Gasteiger partial charge is 0.258 e. The van der Waals surface area contributed by atoms with E-state index in [9.17, 15) is 4.79 Å². The number of amides is 1. The first-order valence-corrected chi connectivity index (χ1v) is 7.22. The molecule has 1 aliphatic rings. The normalized spacial score (nSPS) is 13.2. The van der Waals surface area contributed by atoms with Gasteiger partial charge in [0.2, 0.25) is 0 Å². The number of carbonyl (C=O) groups is 1. The lowest BCUT2D eigenvalue weighted by Crippen LogP contribution is -2.35. The SMILES string of the molecule is COc1cccc2c1N(C(=O)c1cccc(C#N)c1)CCC2. The Bertz CT molecular complexity index is 748. The molecule has 0 fully saturated rings. The number of aryl methyl sites for hydroxylation is 1. The molecule has 4 heteroatoms. The number of ether oxygens (including phenoxy) is 1. The maximum atomic E-state index is 12.9. The zero-order chi connectivity index (χ0) is 15.5. The van der Waals surface area contributed by atoms with Gasteiger partial charge in [-0.3, -0.25) is 4.79 Å². The minimum absolute atomic E-state index is 0.0949. The van der Waals surface area contributed by atoms with Gasteiger partial charge in [0.25, 0.3) is 5.91 Å². The first-order chi connectivity index (χ1) is 10.7. The van der Waals surface area contributed by atoms with Crippen LogP contribution in [0.15, 0.2) is 42.5 Å². The van der Waals surface area contributed by atoms with Crippen molar-refractivity contribution in [3.05, 3.63) is 59.2 Å². The van der Waals surface area contributed by atoms with Crippen LogP contribution in [0.3, 0.4) is 0 Å². The molecule has 2 aromatic carbocycles. The number of anilines is 1. The van der Waals surface area contributed by atoms with Gasteiger partial charge < -0.3 is 9.64 Å². The molecule has 4 nitrogen and oxygen atoms in total. The van der Waals surface area contributed by atoms with Gasteiger partial charge in [0, 0.05) is 12.1 Å². The Morgan fingerprint density at radius 2 is 2.09 bits per heavy atom. The second-order valence-electron chi connectivity index (χ2n) is 5.22. The summed E-state index contributed by atoms with van der Waals surface area (Å²) < 4.78 is 5.43. The quantitative estimate of drug-likeness (QED) is 0.854. The summed E-state index contributed by atoms with van der Waals surface area (Å²) in [7, 11) is 1.61. The largest absolute Gasteiger partial charge is 0.495 e. The number of methoxy groups -OCH3 is 1. The van der Waals surface area contributed by atoms with Crippen molar-refractivity contribution in [2.75, 3.05) is 18.6 Å². The molecule has 1 heterocycles. The molecule has 22 heavy (non-hydrogen) atoms.